The van der Waals surface area contributed by atoms with E-state index in [1.54, 1.807) is 31.4 Å². The molecule has 0 aliphatic rings. The molecular formula is C19H23N5O. The molecule has 0 radical (unpaired) electrons. The second kappa shape index (κ2) is 6.55. The highest BCUT2D eigenvalue weighted by molar-refractivity contribution is 6.02. The average molecular weight is 337 g/mol. The second-order valence-electron chi connectivity index (χ2n) is 6.40. The maximum absolute atomic E-state index is 12.9. The molecule has 1 amide bonds. The number of aryl methyl sites for hydroxylation is 3. The summed E-state index contributed by atoms with van der Waals surface area (Å²) in [5, 5.41) is 4.02. The van der Waals surface area contributed by atoms with Gasteiger partial charge in [0, 0.05) is 49.5 Å². The van der Waals surface area contributed by atoms with Gasteiger partial charge in [-0.2, -0.15) is 0 Å². The quantitative estimate of drug-likeness (QED) is 0.767. The lowest BCUT2D eigenvalue weighted by Gasteiger charge is -2.16. The lowest BCUT2D eigenvalue weighted by atomic mass is 10.0. The lowest BCUT2D eigenvalue weighted by molar-refractivity contribution is 0.0779. The fraction of sp³-hybridized carbons (Fsp3) is 0.316. The molecule has 25 heavy (non-hydrogen) atoms. The molecule has 0 unspecified atom stereocenters. The van der Waals surface area contributed by atoms with E-state index in [4.69, 9.17) is 0 Å². The van der Waals surface area contributed by atoms with Crippen molar-refractivity contribution in [3.05, 3.63) is 52.5 Å². The summed E-state index contributed by atoms with van der Waals surface area (Å²) in [6.45, 7) is 6.57. The summed E-state index contributed by atoms with van der Waals surface area (Å²) < 4.78 is 0. The molecule has 0 aliphatic heterocycles. The monoisotopic (exact) mass is 337 g/mol. The number of nitrogens with zero attached hydrogens (tertiary/aromatic N) is 3. The van der Waals surface area contributed by atoms with E-state index in [0.717, 1.165) is 27.6 Å². The largest absolute Gasteiger partial charge is 0.357 e. The Kier molecular flexibility index (Phi) is 4.44. The Balaban J connectivity index is 1.89. The van der Waals surface area contributed by atoms with Gasteiger partial charge in [0.05, 0.1) is 0 Å². The Bertz CT molecular complexity index is 927. The number of hydrogen-bond donors (Lipinski definition) is 2. The minimum Gasteiger partial charge on any atom is -0.357 e. The van der Waals surface area contributed by atoms with Gasteiger partial charge < -0.3 is 15.2 Å². The summed E-state index contributed by atoms with van der Waals surface area (Å²) in [5.74, 6) is 0.528. The molecule has 0 atom stereocenters. The van der Waals surface area contributed by atoms with Gasteiger partial charge in [-0.1, -0.05) is 12.1 Å². The van der Waals surface area contributed by atoms with Crippen molar-refractivity contribution in [3.63, 3.8) is 0 Å². The number of amides is 1. The first kappa shape index (κ1) is 17.0. The summed E-state index contributed by atoms with van der Waals surface area (Å²) in [6.07, 6.45) is 3.46. The van der Waals surface area contributed by atoms with Crippen LogP contribution in [0, 0.1) is 20.8 Å². The van der Waals surface area contributed by atoms with Crippen LogP contribution in [-0.2, 0) is 6.54 Å². The number of carbonyl (C=O) groups is 1. The first-order valence-corrected chi connectivity index (χ1v) is 8.25. The Labute approximate surface area is 147 Å². The summed E-state index contributed by atoms with van der Waals surface area (Å²) in [7, 11) is 3.56. The number of H-pyrrole nitrogens is 1. The maximum Gasteiger partial charge on any atom is 0.270 e. The Morgan fingerprint density at radius 2 is 1.80 bits per heavy atom. The van der Waals surface area contributed by atoms with E-state index in [9.17, 15) is 4.79 Å². The molecule has 0 saturated heterocycles. The second-order valence-corrected chi connectivity index (χ2v) is 6.40. The minimum atomic E-state index is -0.0369. The number of benzene rings is 1. The molecule has 2 aromatic heterocycles. The van der Waals surface area contributed by atoms with Gasteiger partial charge in [0.15, 0.2) is 0 Å². The third-order valence-electron chi connectivity index (χ3n) is 4.53. The third-order valence-corrected chi connectivity index (χ3v) is 4.53. The van der Waals surface area contributed by atoms with Crippen LogP contribution in [0.4, 0.5) is 5.95 Å². The van der Waals surface area contributed by atoms with Gasteiger partial charge in [-0.3, -0.25) is 4.79 Å². The zero-order chi connectivity index (χ0) is 18.1. The van der Waals surface area contributed by atoms with Crippen LogP contribution in [0.3, 0.4) is 0 Å². The summed E-state index contributed by atoms with van der Waals surface area (Å²) in [4.78, 5) is 26.3. The van der Waals surface area contributed by atoms with Crippen molar-refractivity contribution >= 4 is 22.8 Å². The maximum atomic E-state index is 12.9. The molecule has 0 saturated carbocycles. The molecule has 6 nitrogen and oxygen atoms in total. The van der Waals surface area contributed by atoms with E-state index in [1.807, 2.05) is 6.92 Å². The van der Waals surface area contributed by atoms with Gasteiger partial charge in [-0.15, -0.1) is 0 Å². The molecule has 0 spiro atoms. The first-order chi connectivity index (χ1) is 11.9. The molecule has 3 aromatic rings. The van der Waals surface area contributed by atoms with Gasteiger partial charge in [-0.05, 0) is 37.5 Å². The van der Waals surface area contributed by atoms with Crippen LogP contribution in [0.1, 0.15) is 32.7 Å². The highest BCUT2D eigenvalue weighted by Gasteiger charge is 2.20. The van der Waals surface area contributed by atoms with Crippen molar-refractivity contribution < 1.29 is 4.79 Å². The summed E-state index contributed by atoms with van der Waals surface area (Å²) in [5.41, 5.74) is 5.87. The molecule has 0 aliphatic carbocycles. The van der Waals surface area contributed by atoms with E-state index < -0.39 is 0 Å². The highest BCUT2D eigenvalue weighted by atomic mass is 16.2. The van der Waals surface area contributed by atoms with E-state index in [0.29, 0.717) is 18.2 Å². The van der Waals surface area contributed by atoms with Crippen LogP contribution in [0.5, 0.6) is 0 Å². The lowest BCUT2D eigenvalue weighted by Crippen LogP contribution is -2.27. The number of nitrogens with one attached hydrogen (secondary N) is 2. The zero-order valence-corrected chi connectivity index (χ0v) is 15.3. The standard InChI is InChI=1S/C19H23N5O/c1-11-6-7-12(2)16-15(11)13(3)17(23-16)18(25)24(5)10-14-8-21-19(20-4)22-9-14/h6-9,23H,10H2,1-5H3,(H,20,21,22). The number of carbonyl (C=O) groups excluding carboxylic acids is 1. The van der Waals surface area contributed by atoms with Crippen molar-refractivity contribution in [2.24, 2.45) is 0 Å². The van der Waals surface area contributed by atoms with Gasteiger partial charge in [0.25, 0.3) is 5.91 Å². The van der Waals surface area contributed by atoms with Crippen molar-refractivity contribution in [2.45, 2.75) is 27.3 Å². The summed E-state index contributed by atoms with van der Waals surface area (Å²) in [6, 6.07) is 4.17. The number of hydrogen-bond acceptors (Lipinski definition) is 4. The normalized spacial score (nSPS) is 10.9. The molecule has 130 valence electrons. The average Bonchev–Trinajstić information content (AvgIpc) is 2.97. The van der Waals surface area contributed by atoms with Gasteiger partial charge in [0.1, 0.15) is 5.69 Å². The van der Waals surface area contributed by atoms with Crippen LogP contribution in [0.2, 0.25) is 0 Å². The Hall–Kier alpha value is -2.89. The first-order valence-electron chi connectivity index (χ1n) is 8.25. The molecule has 3 rings (SSSR count). The SMILES string of the molecule is CNc1ncc(CN(C)C(=O)c2[nH]c3c(C)ccc(C)c3c2C)cn1. The molecule has 2 heterocycles. The van der Waals surface area contributed by atoms with Crippen LogP contribution in [0.25, 0.3) is 10.9 Å². The van der Waals surface area contributed by atoms with Crippen LogP contribution in [-0.4, -0.2) is 39.9 Å². The predicted octanol–water partition coefficient (Wildman–Crippen LogP) is 3.20. The molecule has 0 fully saturated rings. The molecule has 2 N–H and O–H groups in total. The van der Waals surface area contributed by atoms with Gasteiger partial charge in [0.2, 0.25) is 5.95 Å². The van der Waals surface area contributed by atoms with Crippen molar-refractivity contribution in [1.29, 1.82) is 0 Å². The third kappa shape index (κ3) is 3.07. The highest BCUT2D eigenvalue weighted by Crippen LogP contribution is 2.28. The summed E-state index contributed by atoms with van der Waals surface area (Å²) >= 11 is 0. The van der Waals surface area contributed by atoms with Gasteiger partial charge >= 0.3 is 0 Å². The van der Waals surface area contributed by atoms with E-state index in [2.05, 4.69) is 46.2 Å². The smallest absolute Gasteiger partial charge is 0.270 e. The Morgan fingerprint density at radius 3 is 2.40 bits per heavy atom. The van der Waals surface area contributed by atoms with E-state index in [-0.39, 0.29) is 5.91 Å². The molecular weight excluding hydrogens is 314 g/mol. The zero-order valence-electron chi connectivity index (χ0n) is 15.3. The van der Waals surface area contributed by atoms with Crippen molar-refractivity contribution in [2.75, 3.05) is 19.4 Å². The van der Waals surface area contributed by atoms with Crippen LogP contribution >= 0.6 is 0 Å². The Morgan fingerprint density at radius 1 is 1.16 bits per heavy atom. The molecule has 6 heteroatoms. The van der Waals surface area contributed by atoms with Gasteiger partial charge in [-0.25, -0.2) is 9.97 Å². The molecule has 0 bridgehead atoms. The van der Waals surface area contributed by atoms with Crippen molar-refractivity contribution in [1.82, 2.24) is 19.9 Å². The number of fused-ring (bicyclic) bond motifs is 1. The van der Waals surface area contributed by atoms with Crippen LogP contribution in [0.15, 0.2) is 24.5 Å². The topological polar surface area (TPSA) is 73.9 Å². The molecule has 1 aromatic carbocycles. The fourth-order valence-corrected chi connectivity index (χ4v) is 3.12. The van der Waals surface area contributed by atoms with E-state index in [1.165, 1.54) is 5.56 Å². The number of rotatable bonds is 4. The number of anilines is 1. The van der Waals surface area contributed by atoms with E-state index >= 15 is 0 Å². The fourth-order valence-electron chi connectivity index (χ4n) is 3.12. The number of aromatic nitrogens is 3. The minimum absolute atomic E-state index is 0.0369. The van der Waals surface area contributed by atoms with Crippen LogP contribution < -0.4 is 5.32 Å². The predicted molar refractivity (Wildman–Crippen MR) is 99.9 cm³/mol. The van der Waals surface area contributed by atoms with Crippen molar-refractivity contribution in [3.8, 4) is 0 Å². The number of aromatic amines is 1.